The fourth-order valence-electron chi connectivity index (χ4n) is 2.46. The number of rotatable bonds is 5. The van der Waals surface area contributed by atoms with E-state index in [2.05, 4.69) is 9.97 Å². The van der Waals surface area contributed by atoms with Crippen LogP contribution < -0.4 is 10.3 Å². The molecule has 3 rings (SSSR count). The number of benzene rings is 2. The predicted octanol–water partition coefficient (Wildman–Crippen LogP) is 4.40. The molecule has 0 radical (unpaired) electrons. The minimum atomic E-state index is -0.529. The number of aromatic nitrogens is 2. The average Bonchev–Trinajstić information content (AvgIpc) is 2.67. The lowest BCUT2D eigenvalue weighted by atomic mass is 10.1. The summed E-state index contributed by atoms with van der Waals surface area (Å²) >= 11 is 7.28. The van der Waals surface area contributed by atoms with Crippen LogP contribution >= 0.6 is 23.4 Å². The van der Waals surface area contributed by atoms with Crippen LogP contribution in [0.5, 0.6) is 5.75 Å². The van der Waals surface area contributed by atoms with Gasteiger partial charge in [-0.25, -0.2) is 9.37 Å². The molecule has 1 N–H and O–H groups in total. The predicted molar refractivity (Wildman–Crippen MR) is 103 cm³/mol. The summed E-state index contributed by atoms with van der Waals surface area (Å²) in [6.45, 7) is -0.108. The standard InChI is InChI=1S/C19H13ClFN3O2S/c1-27-19-23-17(12(9-22)18(25)24-19)11-5-2-3-8-16(11)26-10-13-14(20)6-4-7-15(13)21/h2-8H,10H2,1H3,(H,23,24,25). The third-order valence-corrected chi connectivity index (χ3v) is 4.71. The first kappa shape index (κ1) is 19.0. The number of thioether (sulfide) groups is 1. The van der Waals surface area contributed by atoms with Crippen LogP contribution in [0.2, 0.25) is 5.02 Å². The molecule has 0 fully saturated rings. The van der Waals surface area contributed by atoms with E-state index in [-0.39, 0.29) is 28.5 Å². The van der Waals surface area contributed by atoms with Gasteiger partial charge in [0.25, 0.3) is 5.56 Å². The van der Waals surface area contributed by atoms with Gasteiger partial charge in [-0.15, -0.1) is 0 Å². The normalized spacial score (nSPS) is 10.4. The molecule has 0 aliphatic rings. The van der Waals surface area contributed by atoms with Crippen LogP contribution in [0.15, 0.2) is 52.4 Å². The van der Waals surface area contributed by atoms with E-state index in [4.69, 9.17) is 16.3 Å². The minimum Gasteiger partial charge on any atom is -0.488 e. The maximum atomic E-state index is 14.0. The van der Waals surface area contributed by atoms with E-state index < -0.39 is 11.4 Å². The zero-order valence-corrected chi connectivity index (χ0v) is 15.7. The average molecular weight is 402 g/mol. The second-order valence-corrected chi connectivity index (χ2v) is 6.60. The maximum absolute atomic E-state index is 14.0. The van der Waals surface area contributed by atoms with Crippen molar-refractivity contribution in [2.45, 2.75) is 11.8 Å². The Bertz CT molecular complexity index is 1070. The Balaban J connectivity index is 2.04. The van der Waals surface area contributed by atoms with Crippen molar-refractivity contribution in [2.75, 3.05) is 6.26 Å². The molecule has 0 atom stereocenters. The van der Waals surface area contributed by atoms with Gasteiger partial charge in [-0.3, -0.25) is 4.79 Å². The summed E-state index contributed by atoms with van der Waals surface area (Å²) in [6, 6.07) is 13.1. The quantitative estimate of drug-likeness (QED) is 0.506. The molecule has 3 aromatic rings. The number of H-pyrrole nitrogens is 1. The molecule has 1 heterocycles. The fourth-order valence-corrected chi connectivity index (χ4v) is 3.05. The fraction of sp³-hybridized carbons (Fsp3) is 0.105. The molecule has 0 spiro atoms. The van der Waals surface area contributed by atoms with Crippen LogP contribution in [-0.2, 0) is 6.61 Å². The van der Waals surface area contributed by atoms with E-state index in [0.717, 1.165) is 0 Å². The first-order valence-corrected chi connectivity index (χ1v) is 9.39. The SMILES string of the molecule is CSc1nc(-c2ccccc2OCc2c(F)cccc2Cl)c(C#N)c(=O)[nH]1. The Hall–Kier alpha value is -2.82. The lowest BCUT2D eigenvalue weighted by Gasteiger charge is -2.13. The van der Waals surface area contributed by atoms with Crippen molar-refractivity contribution in [1.82, 2.24) is 9.97 Å². The summed E-state index contributed by atoms with van der Waals surface area (Å²) < 4.78 is 19.7. The van der Waals surface area contributed by atoms with Gasteiger partial charge >= 0.3 is 0 Å². The largest absolute Gasteiger partial charge is 0.488 e. The number of halogens is 2. The number of ether oxygens (including phenoxy) is 1. The van der Waals surface area contributed by atoms with E-state index in [1.807, 2.05) is 6.07 Å². The number of aromatic amines is 1. The van der Waals surface area contributed by atoms with Gasteiger partial charge in [-0.2, -0.15) is 5.26 Å². The molecular formula is C19H13ClFN3O2S. The molecule has 0 aliphatic carbocycles. The molecule has 0 unspecified atom stereocenters. The molecule has 0 aliphatic heterocycles. The summed E-state index contributed by atoms with van der Waals surface area (Å²) in [5.41, 5.74) is 0.244. The van der Waals surface area contributed by atoms with Gasteiger partial charge in [-0.1, -0.05) is 41.6 Å². The molecule has 8 heteroatoms. The molecule has 5 nitrogen and oxygen atoms in total. The van der Waals surface area contributed by atoms with Crippen molar-refractivity contribution in [2.24, 2.45) is 0 Å². The zero-order valence-electron chi connectivity index (χ0n) is 14.1. The van der Waals surface area contributed by atoms with Crippen molar-refractivity contribution >= 4 is 23.4 Å². The van der Waals surface area contributed by atoms with Gasteiger partial charge < -0.3 is 9.72 Å². The van der Waals surface area contributed by atoms with Crippen molar-refractivity contribution in [1.29, 1.82) is 5.26 Å². The number of nitrogens with one attached hydrogen (secondary N) is 1. The second kappa shape index (κ2) is 8.25. The lowest BCUT2D eigenvalue weighted by molar-refractivity contribution is 0.301. The topological polar surface area (TPSA) is 78.8 Å². The Morgan fingerprint density at radius 3 is 2.78 bits per heavy atom. The van der Waals surface area contributed by atoms with E-state index in [9.17, 15) is 14.4 Å². The van der Waals surface area contributed by atoms with Gasteiger partial charge in [-0.05, 0) is 30.5 Å². The molecule has 0 amide bonds. The van der Waals surface area contributed by atoms with Gasteiger partial charge in [0.15, 0.2) is 5.16 Å². The van der Waals surface area contributed by atoms with Crippen molar-refractivity contribution < 1.29 is 9.13 Å². The summed E-state index contributed by atoms with van der Waals surface area (Å²) in [6.07, 6.45) is 1.76. The molecule has 2 aromatic carbocycles. The number of para-hydroxylation sites is 1. The molecule has 0 bridgehead atoms. The molecule has 0 saturated heterocycles. The van der Waals surface area contributed by atoms with Gasteiger partial charge in [0, 0.05) is 11.1 Å². The third-order valence-electron chi connectivity index (χ3n) is 3.78. The van der Waals surface area contributed by atoms with Gasteiger partial charge in [0.1, 0.15) is 35.5 Å². The van der Waals surface area contributed by atoms with E-state index >= 15 is 0 Å². The molecule has 1 aromatic heterocycles. The van der Waals surface area contributed by atoms with Crippen LogP contribution in [-0.4, -0.2) is 16.2 Å². The third kappa shape index (κ3) is 3.97. The Morgan fingerprint density at radius 1 is 1.30 bits per heavy atom. The monoisotopic (exact) mass is 401 g/mol. The van der Waals surface area contributed by atoms with Gasteiger partial charge in [0.2, 0.25) is 0 Å². The first-order chi connectivity index (χ1) is 13.0. The first-order valence-electron chi connectivity index (χ1n) is 7.78. The number of hydrogen-bond acceptors (Lipinski definition) is 5. The van der Waals surface area contributed by atoms with Crippen molar-refractivity contribution in [3.05, 3.63) is 74.8 Å². The van der Waals surface area contributed by atoms with Crippen LogP contribution in [0, 0.1) is 17.1 Å². The van der Waals surface area contributed by atoms with Gasteiger partial charge in [0.05, 0.1) is 5.02 Å². The summed E-state index contributed by atoms with van der Waals surface area (Å²) in [4.78, 5) is 19.1. The van der Waals surface area contributed by atoms with Crippen LogP contribution in [0.4, 0.5) is 4.39 Å². The summed E-state index contributed by atoms with van der Waals surface area (Å²) in [7, 11) is 0. The maximum Gasteiger partial charge on any atom is 0.270 e. The second-order valence-electron chi connectivity index (χ2n) is 5.40. The summed E-state index contributed by atoms with van der Waals surface area (Å²) in [5, 5.41) is 10.0. The highest BCUT2D eigenvalue weighted by Crippen LogP contribution is 2.31. The van der Waals surface area contributed by atoms with E-state index in [1.165, 1.54) is 23.9 Å². The molecular weight excluding hydrogens is 389 g/mol. The number of hydrogen-bond donors (Lipinski definition) is 1. The minimum absolute atomic E-state index is 0.108. The summed E-state index contributed by atoms with van der Waals surface area (Å²) in [5.74, 6) is -0.116. The zero-order chi connectivity index (χ0) is 19.4. The van der Waals surface area contributed by atoms with E-state index in [0.29, 0.717) is 16.5 Å². The van der Waals surface area contributed by atoms with Crippen molar-refractivity contribution in [3.8, 4) is 23.1 Å². The van der Waals surface area contributed by atoms with Crippen LogP contribution in [0.1, 0.15) is 11.1 Å². The Morgan fingerprint density at radius 2 is 2.07 bits per heavy atom. The number of nitrogens with zero attached hydrogens (tertiary/aromatic N) is 2. The molecule has 136 valence electrons. The lowest BCUT2D eigenvalue weighted by Crippen LogP contribution is -2.15. The molecule has 27 heavy (non-hydrogen) atoms. The molecule has 0 saturated carbocycles. The van der Waals surface area contributed by atoms with Crippen LogP contribution in [0.25, 0.3) is 11.3 Å². The van der Waals surface area contributed by atoms with Crippen LogP contribution in [0.3, 0.4) is 0 Å². The Labute approximate surface area is 163 Å². The highest BCUT2D eigenvalue weighted by Gasteiger charge is 2.17. The van der Waals surface area contributed by atoms with Crippen molar-refractivity contribution in [3.63, 3.8) is 0 Å². The Kier molecular flexibility index (Phi) is 5.79. The smallest absolute Gasteiger partial charge is 0.270 e. The van der Waals surface area contributed by atoms with E-state index in [1.54, 1.807) is 36.6 Å². The highest BCUT2D eigenvalue weighted by molar-refractivity contribution is 7.98. The highest BCUT2D eigenvalue weighted by atomic mass is 35.5. The number of nitriles is 1.